The minimum Gasteiger partial charge on any atom is -0.466 e. The van der Waals surface area contributed by atoms with Crippen LogP contribution in [0, 0.1) is 0 Å². The van der Waals surface area contributed by atoms with Crippen LogP contribution in [0.4, 0.5) is 19.4 Å². The van der Waals surface area contributed by atoms with Gasteiger partial charge in [0.25, 0.3) is 10.2 Å². The third kappa shape index (κ3) is 9.12. The van der Waals surface area contributed by atoms with Crippen LogP contribution < -0.4 is 0 Å². The van der Waals surface area contributed by atoms with Crippen LogP contribution in [0.1, 0.15) is 0 Å². The van der Waals surface area contributed by atoms with Crippen LogP contribution in [-0.2, 0) is 9.53 Å². The minimum atomic E-state index is -9.42. The Kier molecular flexibility index (Phi) is 2.44. The summed E-state index contributed by atoms with van der Waals surface area (Å²) in [5.41, 5.74) is 0. The summed E-state index contributed by atoms with van der Waals surface area (Å²) in [5, 5.41) is 0. The van der Waals surface area contributed by atoms with Gasteiger partial charge in [0.1, 0.15) is 5.75 Å². The van der Waals surface area contributed by atoms with Gasteiger partial charge in [0, 0.05) is 6.08 Å². The lowest BCUT2D eigenvalue weighted by atomic mass is 10.5. The smallest absolute Gasteiger partial charge is 0.330 e. The van der Waals surface area contributed by atoms with E-state index in [1.165, 1.54) is 0 Å². The lowest BCUT2D eigenvalue weighted by molar-refractivity contribution is -0.134. The van der Waals surface area contributed by atoms with Gasteiger partial charge in [0.15, 0.2) is 0 Å². The largest absolute Gasteiger partial charge is 0.466 e. The first-order chi connectivity index (χ1) is 5.43. The molecular formula is C5H7F5O2S. The Labute approximate surface area is 71.1 Å². The van der Waals surface area contributed by atoms with Crippen molar-refractivity contribution in [1.82, 2.24) is 0 Å². The molecule has 0 saturated carbocycles. The maximum atomic E-state index is 11.6. The van der Waals surface area contributed by atoms with E-state index in [0.29, 0.717) is 6.08 Å². The number of hydrogen-bond donors (Lipinski definition) is 0. The van der Waals surface area contributed by atoms with Crippen LogP contribution in [0.2, 0.25) is 0 Å². The average Bonchev–Trinajstić information content (AvgIpc) is 1.81. The number of carbonyl (C=O) groups is 1. The van der Waals surface area contributed by atoms with Crippen molar-refractivity contribution in [1.29, 1.82) is 0 Å². The molecule has 0 bridgehead atoms. The fourth-order valence-corrected chi connectivity index (χ4v) is 0.854. The number of hydrogen-bond acceptors (Lipinski definition) is 2. The Morgan fingerprint density at radius 2 is 1.77 bits per heavy atom. The molecule has 0 aromatic rings. The number of esters is 1. The number of rotatable bonds is 3. The van der Waals surface area contributed by atoms with E-state index in [-0.39, 0.29) is 6.08 Å². The summed E-state index contributed by atoms with van der Waals surface area (Å²) in [6.45, 7) is 0. The van der Waals surface area contributed by atoms with Gasteiger partial charge in [-0.3, -0.25) is 0 Å². The van der Waals surface area contributed by atoms with Crippen molar-refractivity contribution in [3.63, 3.8) is 0 Å². The van der Waals surface area contributed by atoms with E-state index in [4.69, 9.17) is 0 Å². The van der Waals surface area contributed by atoms with Crippen LogP contribution in [0.15, 0.2) is 12.2 Å². The lowest BCUT2D eigenvalue weighted by Crippen LogP contribution is -2.09. The number of carbonyl (C=O) groups excluding carboxylic acids is 1. The lowest BCUT2D eigenvalue weighted by Gasteiger charge is -2.39. The second-order valence-electron chi connectivity index (χ2n) is 2.22. The van der Waals surface area contributed by atoms with Gasteiger partial charge in [-0.1, -0.05) is 25.5 Å². The van der Waals surface area contributed by atoms with Crippen molar-refractivity contribution >= 4 is 16.2 Å². The van der Waals surface area contributed by atoms with E-state index in [1.54, 1.807) is 0 Å². The molecule has 8 heteroatoms. The van der Waals surface area contributed by atoms with Gasteiger partial charge in [-0.15, -0.1) is 0 Å². The first-order valence-electron chi connectivity index (χ1n) is 2.91. The molecule has 0 aliphatic heterocycles. The molecular weight excluding hydrogens is 219 g/mol. The van der Waals surface area contributed by atoms with Crippen molar-refractivity contribution in [3.8, 4) is 0 Å². The minimum absolute atomic E-state index is 0.0351. The summed E-state index contributed by atoms with van der Waals surface area (Å²) in [5.74, 6) is -3.50. The molecule has 0 rings (SSSR count). The predicted molar refractivity (Wildman–Crippen MR) is 39.2 cm³/mol. The van der Waals surface area contributed by atoms with Crippen LogP contribution in [0.5, 0.6) is 0 Å². The number of ether oxygens (including phenoxy) is 1. The SMILES string of the molecule is COC(=O)/C=C/CS(F)(F)(F)(F)F. The first kappa shape index (κ1) is 12.2. The van der Waals surface area contributed by atoms with Crippen LogP contribution in [-0.4, -0.2) is 18.8 Å². The average molecular weight is 226 g/mol. The maximum Gasteiger partial charge on any atom is 0.330 e. The molecule has 0 atom stereocenters. The van der Waals surface area contributed by atoms with Crippen molar-refractivity contribution in [3.05, 3.63) is 12.2 Å². The van der Waals surface area contributed by atoms with Gasteiger partial charge in [0.05, 0.1) is 7.11 Å². The molecule has 0 amide bonds. The van der Waals surface area contributed by atoms with Gasteiger partial charge in [-0.2, -0.15) is 0 Å². The zero-order valence-electron chi connectivity index (χ0n) is 6.48. The molecule has 0 unspecified atom stereocenters. The van der Waals surface area contributed by atoms with Crippen LogP contribution in [0.3, 0.4) is 0 Å². The summed E-state index contributed by atoms with van der Waals surface area (Å²) in [7, 11) is -8.49. The molecule has 0 radical (unpaired) electrons. The van der Waals surface area contributed by atoms with Crippen molar-refractivity contribution < 1.29 is 29.0 Å². The highest BCUT2D eigenvalue weighted by molar-refractivity contribution is 8.45. The topological polar surface area (TPSA) is 26.3 Å². The normalized spacial score (nSPS) is 18.0. The fourth-order valence-electron chi connectivity index (χ4n) is 0.394. The Morgan fingerprint density at radius 3 is 2.08 bits per heavy atom. The Hall–Kier alpha value is -0.790. The number of methoxy groups -OCH3 is 1. The highest BCUT2D eigenvalue weighted by Gasteiger charge is 2.62. The molecule has 0 aromatic heterocycles. The fraction of sp³-hybridized carbons (Fsp3) is 0.400. The Morgan fingerprint density at radius 1 is 1.31 bits per heavy atom. The molecule has 80 valence electrons. The second kappa shape index (κ2) is 2.60. The van der Waals surface area contributed by atoms with Gasteiger partial charge in [-0.25, -0.2) is 4.79 Å². The highest BCUT2D eigenvalue weighted by atomic mass is 32.5. The van der Waals surface area contributed by atoms with E-state index in [9.17, 15) is 24.2 Å². The second-order valence-corrected chi connectivity index (χ2v) is 4.81. The molecule has 0 aliphatic rings. The standard InChI is InChI=1S/C5H7F5O2S/c1-12-5(11)3-2-4-13(6,7,8,9)10/h2-3H,4H2,1H3/b3-2+. The van der Waals surface area contributed by atoms with Gasteiger partial charge >= 0.3 is 5.97 Å². The van der Waals surface area contributed by atoms with E-state index < -0.39 is 21.9 Å². The van der Waals surface area contributed by atoms with E-state index >= 15 is 0 Å². The van der Waals surface area contributed by atoms with Gasteiger partial charge in [-0.05, 0) is 0 Å². The molecule has 0 aromatic carbocycles. The van der Waals surface area contributed by atoms with Crippen LogP contribution >= 0.6 is 10.2 Å². The predicted octanol–water partition coefficient (Wildman–Crippen LogP) is 3.01. The summed E-state index contributed by atoms with van der Waals surface area (Å²) in [6, 6.07) is 0. The first-order valence-corrected chi connectivity index (χ1v) is 5.03. The highest BCUT2D eigenvalue weighted by Crippen LogP contribution is 2.97. The quantitative estimate of drug-likeness (QED) is 0.420. The van der Waals surface area contributed by atoms with Crippen molar-refractivity contribution in [2.24, 2.45) is 0 Å². The zero-order chi connectivity index (χ0) is 10.8. The summed E-state index contributed by atoms with van der Waals surface area (Å²) in [6.07, 6.45) is 0.339. The summed E-state index contributed by atoms with van der Waals surface area (Å²) >= 11 is 0. The Balaban J connectivity index is 4.36. The molecule has 0 aliphatic carbocycles. The van der Waals surface area contributed by atoms with Crippen molar-refractivity contribution in [2.45, 2.75) is 0 Å². The molecule has 0 N–H and O–H groups in total. The molecule has 0 fully saturated rings. The Bertz CT molecular complexity index is 239. The van der Waals surface area contributed by atoms with Crippen LogP contribution in [0.25, 0.3) is 0 Å². The molecule has 0 heterocycles. The van der Waals surface area contributed by atoms with Gasteiger partial charge < -0.3 is 4.74 Å². The molecule has 0 spiro atoms. The molecule has 13 heavy (non-hydrogen) atoms. The number of halogens is 5. The monoisotopic (exact) mass is 226 g/mol. The van der Waals surface area contributed by atoms with Crippen molar-refractivity contribution in [2.75, 3.05) is 12.9 Å². The van der Waals surface area contributed by atoms with E-state index in [0.717, 1.165) is 7.11 Å². The molecule has 2 nitrogen and oxygen atoms in total. The van der Waals surface area contributed by atoms with E-state index in [2.05, 4.69) is 4.74 Å². The maximum absolute atomic E-state index is 11.6. The third-order valence-corrected chi connectivity index (χ3v) is 1.69. The zero-order valence-corrected chi connectivity index (χ0v) is 7.29. The molecule has 0 saturated heterocycles. The van der Waals surface area contributed by atoms with Gasteiger partial charge in [0.2, 0.25) is 0 Å². The van der Waals surface area contributed by atoms with E-state index in [1.807, 2.05) is 0 Å². The third-order valence-electron chi connectivity index (χ3n) is 0.866. The summed E-state index contributed by atoms with van der Waals surface area (Å²) < 4.78 is 61.7. The summed E-state index contributed by atoms with van der Waals surface area (Å²) in [4.78, 5) is 10.2.